The molecule has 3 aromatic carbocycles. The average Bonchev–Trinajstić information content (AvgIpc) is 2.83. The summed E-state index contributed by atoms with van der Waals surface area (Å²) in [6.45, 7) is 0.420. The Balaban J connectivity index is 1.37. The summed E-state index contributed by atoms with van der Waals surface area (Å²) in [5.41, 5.74) is 6.06. The highest BCUT2D eigenvalue weighted by Gasteiger charge is 2.11. The number of hydrogen-bond donors (Lipinski definition) is 0. The van der Waals surface area contributed by atoms with Crippen molar-refractivity contribution in [3.8, 4) is 28.0 Å². The van der Waals surface area contributed by atoms with Gasteiger partial charge in [0.05, 0.1) is 11.2 Å². The van der Waals surface area contributed by atoms with Gasteiger partial charge in [-0.2, -0.15) is 0 Å². The lowest BCUT2D eigenvalue weighted by molar-refractivity contribution is 0.302. The molecule has 0 fully saturated rings. The molecule has 3 nitrogen and oxygen atoms in total. The highest BCUT2D eigenvalue weighted by Crippen LogP contribution is 2.37. The summed E-state index contributed by atoms with van der Waals surface area (Å²) >= 11 is 6.55. The molecule has 31 heavy (non-hydrogen) atoms. The Hall–Kier alpha value is -3.69. The molecule has 0 aliphatic rings. The van der Waals surface area contributed by atoms with Crippen molar-refractivity contribution in [3.05, 3.63) is 114 Å². The first-order chi connectivity index (χ1) is 15.3. The Morgan fingerprint density at radius 1 is 0.710 bits per heavy atom. The Morgan fingerprint density at radius 3 is 2.35 bits per heavy atom. The summed E-state index contributed by atoms with van der Waals surface area (Å²) < 4.78 is 5.97. The molecule has 0 N–H and O–H groups in total. The van der Waals surface area contributed by atoms with Crippen LogP contribution in [0.4, 0.5) is 0 Å². The van der Waals surface area contributed by atoms with E-state index in [1.807, 2.05) is 60.7 Å². The summed E-state index contributed by atoms with van der Waals surface area (Å²) in [5.74, 6) is 0.797. The third-order valence-electron chi connectivity index (χ3n) is 5.19. The second-order valence-electron chi connectivity index (χ2n) is 7.21. The number of fused-ring (bicyclic) bond motifs is 1. The van der Waals surface area contributed by atoms with Crippen molar-refractivity contribution >= 4 is 22.5 Å². The van der Waals surface area contributed by atoms with Crippen LogP contribution in [-0.4, -0.2) is 9.97 Å². The number of para-hydroxylation sites is 1. The molecule has 4 heteroatoms. The van der Waals surface area contributed by atoms with E-state index in [9.17, 15) is 0 Å². The summed E-state index contributed by atoms with van der Waals surface area (Å²) in [7, 11) is 0. The fourth-order valence-corrected chi connectivity index (χ4v) is 3.94. The maximum atomic E-state index is 6.55. The van der Waals surface area contributed by atoms with Crippen molar-refractivity contribution in [2.24, 2.45) is 0 Å². The minimum atomic E-state index is 0.420. The van der Waals surface area contributed by atoms with E-state index in [4.69, 9.17) is 16.3 Å². The van der Waals surface area contributed by atoms with Gasteiger partial charge in [-0.1, -0.05) is 60.1 Å². The third-order valence-corrected chi connectivity index (χ3v) is 5.51. The molecule has 2 aromatic heterocycles. The monoisotopic (exact) mass is 422 g/mol. The summed E-state index contributed by atoms with van der Waals surface area (Å²) in [5, 5.41) is 1.84. The minimum Gasteiger partial charge on any atom is -0.487 e. The van der Waals surface area contributed by atoms with Crippen LogP contribution < -0.4 is 4.74 Å². The van der Waals surface area contributed by atoms with Crippen LogP contribution >= 0.6 is 11.6 Å². The van der Waals surface area contributed by atoms with E-state index in [-0.39, 0.29) is 0 Å². The molecule has 150 valence electrons. The number of rotatable bonds is 5. The van der Waals surface area contributed by atoms with Gasteiger partial charge < -0.3 is 4.74 Å². The summed E-state index contributed by atoms with van der Waals surface area (Å²) in [6, 6.07) is 30.1. The first-order valence-electron chi connectivity index (χ1n) is 10.0. The first kappa shape index (κ1) is 19.3. The van der Waals surface area contributed by atoms with Crippen molar-refractivity contribution in [2.45, 2.75) is 6.61 Å². The van der Waals surface area contributed by atoms with E-state index in [2.05, 4.69) is 40.3 Å². The lowest BCUT2D eigenvalue weighted by Crippen LogP contribution is -1.98. The van der Waals surface area contributed by atoms with Crippen LogP contribution in [0.2, 0.25) is 5.02 Å². The highest BCUT2D eigenvalue weighted by atomic mass is 35.5. The van der Waals surface area contributed by atoms with E-state index in [1.165, 1.54) is 0 Å². The number of aromatic nitrogens is 2. The number of benzene rings is 3. The standard InChI is InChI=1S/C27H19ClN2O/c28-25-6-3-5-24(27(25)21-14-16-29-17-15-21)19-9-12-23(13-10-19)31-18-22-11-8-20-4-1-2-7-26(20)30-22/h1-17H,18H2. The molecule has 0 bridgehead atoms. The van der Waals surface area contributed by atoms with Crippen molar-refractivity contribution in [2.75, 3.05) is 0 Å². The molecule has 0 aliphatic heterocycles. The molecule has 0 aliphatic carbocycles. The van der Waals surface area contributed by atoms with Crippen LogP contribution in [-0.2, 0) is 6.61 Å². The number of pyridine rings is 2. The molecule has 0 spiro atoms. The van der Waals surface area contributed by atoms with Gasteiger partial charge in [0.2, 0.25) is 0 Å². The maximum Gasteiger partial charge on any atom is 0.130 e. The van der Waals surface area contributed by atoms with E-state index in [0.717, 1.165) is 44.6 Å². The lowest BCUT2D eigenvalue weighted by atomic mass is 9.95. The Bertz CT molecular complexity index is 1330. The topological polar surface area (TPSA) is 35.0 Å². The van der Waals surface area contributed by atoms with E-state index in [1.54, 1.807) is 12.4 Å². The molecule has 0 amide bonds. The Kier molecular flexibility index (Phi) is 5.34. The molecular weight excluding hydrogens is 404 g/mol. The van der Waals surface area contributed by atoms with Crippen LogP contribution in [0.15, 0.2) is 103 Å². The predicted octanol–water partition coefficient (Wildman–Crippen LogP) is 7.20. The average molecular weight is 423 g/mol. The smallest absolute Gasteiger partial charge is 0.130 e. The number of hydrogen-bond acceptors (Lipinski definition) is 3. The molecule has 0 unspecified atom stereocenters. The third kappa shape index (κ3) is 4.14. The molecule has 5 aromatic rings. The van der Waals surface area contributed by atoms with Crippen LogP contribution in [0.5, 0.6) is 5.75 Å². The van der Waals surface area contributed by atoms with Crippen LogP contribution in [0, 0.1) is 0 Å². The molecule has 0 radical (unpaired) electrons. The Labute approximate surface area is 186 Å². The van der Waals surface area contributed by atoms with Gasteiger partial charge in [-0.05, 0) is 59.2 Å². The van der Waals surface area contributed by atoms with E-state index < -0.39 is 0 Å². The van der Waals surface area contributed by atoms with Crippen molar-refractivity contribution in [3.63, 3.8) is 0 Å². The van der Waals surface area contributed by atoms with Gasteiger partial charge in [0, 0.05) is 28.4 Å². The van der Waals surface area contributed by atoms with Crippen LogP contribution in [0.3, 0.4) is 0 Å². The predicted molar refractivity (Wildman–Crippen MR) is 126 cm³/mol. The second kappa shape index (κ2) is 8.58. The maximum absolute atomic E-state index is 6.55. The normalized spacial score (nSPS) is 10.9. The molecule has 0 saturated heterocycles. The van der Waals surface area contributed by atoms with Crippen molar-refractivity contribution in [1.29, 1.82) is 0 Å². The SMILES string of the molecule is Clc1cccc(-c2ccc(OCc3ccc4ccccc4n3)cc2)c1-c1ccncc1. The van der Waals surface area contributed by atoms with E-state index >= 15 is 0 Å². The molecule has 5 rings (SSSR count). The number of nitrogens with zero attached hydrogens (tertiary/aromatic N) is 2. The fraction of sp³-hybridized carbons (Fsp3) is 0.0370. The summed E-state index contributed by atoms with van der Waals surface area (Å²) in [4.78, 5) is 8.78. The fourth-order valence-electron chi connectivity index (χ4n) is 3.65. The van der Waals surface area contributed by atoms with Crippen LogP contribution in [0.25, 0.3) is 33.2 Å². The van der Waals surface area contributed by atoms with Gasteiger partial charge in [-0.25, -0.2) is 4.98 Å². The van der Waals surface area contributed by atoms with Gasteiger partial charge >= 0.3 is 0 Å². The molecule has 0 saturated carbocycles. The van der Waals surface area contributed by atoms with Crippen molar-refractivity contribution in [1.82, 2.24) is 9.97 Å². The van der Waals surface area contributed by atoms with Crippen LogP contribution in [0.1, 0.15) is 5.69 Å². The number of halogens is 1. The lowest BCUT2D eigenvalue weighted by Gasteiger charge is -2.13. The van der Waals surface area contributed by atoms with Gasteiger partial charge in [-0.3, -0.25) is 4.98 Å². The van der Waals surface area contributed by atoms with E-state index in [0.29, 0.717) is 11.6 Å². The van der Waals surface area contributed by atoms with Gasteiger partial charge in [0.1, 0.15) is 12.4 Å². The molecule has 0 atom stereocenters. The zero-order valence-corrected chi connectivity index (χ0v) is 17.5. The second-order valence-corrected chi connectivity index (χ2v) is 7.61. The largest absolute Gasteiger partial charge is 0.487 e. The highest BCUT2D eigenvalue weighted by molar-refractivity contribution is 6.34. The van der Waals surface area contributed by atoms with Gasteiger partial charge in [-0.15, -0.1) is 0 Å². The minimum absolute atomic E-state index is 0.420. The quantitative estimate of drug-likeness (QED) is 0.300. The zero-order valence-electron chi connectivity index (χ0n) is 16.7. The number of ether oxygens (including phenoxy) is 1. The Morgan fingerprint density at radius 2 is 1.52 bits per heavy atom. The van der Waals surface area contributed by atoms with Gasteiger partial charge in [0.25, 0.3) is 0 Å². The molecular formula is C27H19ClN2O. The molecule has 2 heterocycles. The van der Waals surface area contributed by atoms with Gasteiger partial charge in [0.15, 0.2) is 0 Å². The summed E-state index contributed by atoms with van der Waals surface area (Å²) in [6.07, 6.45) is 3.56. The first-order valence-corrected chi connectivity index (χ1v) is 10.4. The van der Waals surface area contributed by atoms with Crippen molar-refractivity contribution < 1.29 is 4.74 Å². The zero-order chi connectivity index (χ0) is 21.0.